The molecule has 8 heteroatoms. The maximum absolute atomic E-state index is 13.7. The first-order valence-corrected chi connectivity index (χ1v) is 7.94. The second-order valence-corrected chi connectivity index (χ2v) is 6.04. The average Bonchev–Trinajstić information content (AvgIpc) is 2.92. The van der Waals surface area contributed by atoms with E-state index in [1.807, 2.05) is 0 Å². The monoisotopic (exact) mass is 362 g/mol. The van der Waals surface area contributed by atoms with Crippen LogP contribution in [0.5, 0.6) is 0 Å². The van der Waals surface area contributed by atoms with Crippen LogP contribution in [0.1, 0.15) is 34.6 Å². The lowest BCUT2D eigenvalue weighted by Crippen LogP contribution is -2.44. The number of benzene rings is 1. The highest BCUT2D eigenvalue weighted by Gasteiger charge is 2.45. The molecule has 1 atom stereocenters. The predicted molar refractivity (Wildman–Crippen MR) is 90.3 cm³/mol. The van der Waals surface area contributed by atoms with Gasteiger partial charge < -0.3 is 0 Å². The van der Waals surface area contributed by atoms with E-state index in [0.717, 1.165) is 0 Å². The van der Waals surface area contributed by atoms with Crippen molar-refractivity contribution in [2.45, 2.75) is 26.2 Å². The molecule has 26 heavy (non-hydrogen) atoms. The number of nitrogens with zero attached hydrogens (tertiary/aromatic N) is 4. The molecule has 5 nitrogen and oxygen atoms in total. The number of hydrogen-bond acceptors (Lipinski definition) is 3. The molecular formula is C18H17F3N4O. The van der Waals surface area contributed by atoms with E-state index in [9.17, 15) is 18.0 Å². The molecule has 2 heterocycles. The Balaban J connectivity index is 2.04. The molecule has 0 spiro atoms. The maximum atomic E-state index is 13.7. The Kier molecular flexibility index (Phi) is 4.43. The molecule has 0 saturated carbocycles. The molecule has 136 valence electrons. The molecule has 0 N–H and O–H groups in total. The number of carbonyl (C=O) groups is 1. The van der Waals surface area contributed by atoms with Gasteiger partial charge in [0, 0.05) is 35.5 Å². The molecule has 0 unspecified atom stereocenters. The van der Waals surface area contributed by atoms with E-state index in [-0.39, 0.29) is 10.5 Å². The van der Waals surface area contributed by atoms with Gasteiger partial charge in [0.1, 0.15) is 0 Å². The van der Waals surface area contributed by atoms with Crippen LogP contribution in [-0.2, 0) is 7.05 Å². The number of aromatic nitrogens is 3. The highest BCUT2D eigenvalue weighted by molar-refractivity contribution is 5.98. The summed E-state index contributed by atoms with van der Waals surface area (Å²) in [6.07, 6.45) is -1.89. The Bertz CT molecular complexity index is 964. The molecule has 0 saturated heterocycles. The van der Waals surface area contributed by atoms with Crippen molar-refractivity contribution in [2.75, 3.05) is 0 Å². The van der Waals surface area contributed by atoms with Gasteiger partial charge in [-0.05, 0) is 38.1 Å². The van der Waals surface area contributed by atoms with Crippen LogP contribution in [-0.4, -0.2) is 31.9 Å². The first kappa shape index (κ1) is 17.9. The van der Waals surface area contributed by atoms with Crippen LogP contribution in [0.4, 0.5) is 13.2 Å². The molecule has 3 aromatic rings. The Morgan fingerprint density at radius 3 is 2.62 bits per heavy atom. The van der Waals surface area contributed by atoms with Crippen LogP contribution in [0.25, 0.3) is 10.9 Å². The van der Waals surface area contributed by atoms with Gasteiger partial charge in [0.25, 0.3) is 5.91 Å². The Labute approximate surface area is 148 Å². The molecule has 0 radical (unpaired) electrons. The van der Waals surface area contributed by atoms with Gasteiger partial charge >= 0.3 is 6.30 Å². The lowest BCUT2D eigenvalue weighted by molar-refractivity contribution is -0.235. The number of aryl methyl sites for hydroxylation is 1. The Morgan fingerprint density at radius 2 is 2.00 bits per heavy atom. The molecule has 1 aromatic carbocycles. The summed E-state index contributed by atoms with van der Waals surface area (Å²) in [4.78, 5) is 16.8. The summed E-state index contributed by atoms with van der Waals surface area (Å²) in [7, 11) is 1.64. The second kappa shape index (κ2) is 6.44. The first-order chi connectivity index (χ1) is 12.2. The molecule has 0 bridgehead atoms. The summed E-state index contributed by atoms with van der Waals surface area (Å²) < 4.78 is 42.6. The number of pyridine rings is 1. The lowest BCUT2D eigenvalue weighted by Gasteiger charge is -2.31. The van der Waals surface area contributed by atoms with Crippen molar-refractivity contribution >= 4 is 16.8 Å². The van der Waals surface area contributed by atoms with Crippen molar-refractivity contribution < 1.29 is 18.0 Å². The quantitative estimate of drug-likeness (QED) is 0.662. The summed E-state index contributed by atoms with van der Waals surface area (Å²) >= 11 is 0. The molecular weight excluding hydrogens is 345 g/mol. The van der Waals surface area contributed by atoms with Gasteiger partial charge in [-0.1, -0.05) is 6.07 Å². The van der Waals surface area contributed by atoms with Crippen molar-refractivity contribution in [1.29, 1.82) is 0 Å². The largest absolute Gasteiger partial charge is 0.487 e. The second-order valence-electron chi connectivity index (χ2n) is 6.04. The summed E-state index contributed by atoms with van der Waals surface area (Å²) in [5, 5.41) is 4.58. The Hall–Kier alpha value is -2.90. The van der Waals surface area contributed by atoms with Crippen LogP contribution < -0.4 is 0 Å². The molecule has 0 aliphatic heterocycles. The number of alkyl halides is 3. The maximum Gasteiger partial charge on any atom is 0.487 e. The normalized spacial score (nSPS) is 13.0. The highest BCUT2D eigenvalue weighted by atomic mass is 19.4. The smallest absolute Gasteiger partial charge is 0.273 e. The topological polar surface area (TPSA) is 51.0 Å². The van der Waals surface area contributed by atoms with Crippen molar-refractivity contribution in [2.24, 2.45) is 7.05 Å². The third kappa shape index (κ3) is 3.14. The molecule has 3 rings (SSSR count). The number of hydrogen-bond donors (Lipinski definition) is 0. The molecule has 0 fully saturated rings. The molecule has 2 aromatic heterocycles. The summed E-state index contributed by atoms with van der Waals surface area (Å²) in [5.74, 6) is -1.11. The average molecular weight is 362 g/mol. The zero-order valence-corrected chi connectivity index (χ0v) is 14.4. The number of rotatable bonds is 3. The third-order valence-electron chi connectivity index (χ3n) is 4.45. The minimum absolute atomic E-state index is 0.0452. The van der Waals surface area contributed by atoms with Gasteiger partial charge in [-0.15, -0.1) is 13.2 Å². The fourth-order valence-electron chi connectivity index (χ4n) is 2.92. The van der Waals surface area contributed by atoms with Crippen molar-refractivity contribution in [3.05, 3.63) is 59.5 Å². The molecule has 0 aliphatic rings. The highest BCUT2D eigenvalue weighted by Crippen LogP contribution is 2.34. The van der Waals surface area contributed by atoms with E-state index in [1.54, 1.807) is 32.3 Å². The van der Waals surface area contributed by atoms with Crippen LogP contribution in [0.3, 0.4) is 0 Å². The van der Waals surface area contributed by atoms with Gasteiger partial charge in [0.2, 0.25) is 0 Å². The van der Waals surface area contributed by atoms with Gasteiger partial charge in [0.05, 0.1) is 17.8 Å². The number of halogens is 3. The van der Waals surface area contributed by atoms with E-state index in [0.29, 0.717) is 22.2 Å². The van der Waals surface area contributed by atoms with E-state index in [2.05, 4.69) is 10.1 Å². The summed E-state index contributed by atoms with van der Waals surface area (Å²) in [6, 6.07) is 6.48. The minimum Gasteiger partial charge on any atom is -0.273 e. The van der Waals surface area contributed by atoms with E-state index in [1.165, 1.54) is 36.0 Å². The third-order valence-corrected chi connectivity index (χ3v) is 4.45. The molecule has 0 aliphatic carbocycles. The van der Waals surface area contributed by atoms with Gasteiger partial charge in [-0.25, -0.2) is 4.90 Å². The summed E-state index contributed by atoms with van der Waals surface area (Å²) in [5.41, 5.74) is 1.48. The SMILES string of the molecule is Cc1c([C@@H](C)N(C(=O)c2ccc3ncccc3c2)C(F)(F)F)cnn1C. The molecule has 1 amide bonds. The van der Waals surface area contributed by atoms with Gasteiger partial charge in [0.15, 0.2) is 0 Å². The fraction of sp³-hybridized carbons (Fsp3) is 0.278. The predicted octanol–water partition coefficient (Wildman–Crippen LogP) is 4.00. The number of carbonyl (C=O) groups excluding carboxylic acids is 1. The summed E-state index contributed by atoms with van der Waals surface area (Å²) in [6.45, 7) is 3.01. The first-order valence-electron chi connectivity index (χ1n) is 7.94. The zero-order chi connectivity index (χ0) is 19.1. The number of fused-ring (bicyclic) bond motifs is 1. The minimum atomic E-state index is -4.83. The van der Waals surface area contributed by atoms with Crippen molar-refractivity contribution in [1.82, 2.24) is 19.7 Å². The van der Waals surface area contributed by atoms with Gasteiger partial charge in [-0.2, -0.15) is 5.10 Å². The van der Waals surface area contributed by atoms with E-state index in [4.69, 9.17) is 0 Å². The van der Waals surface area contributed by atoms with Crippen molar-refractivity contribution in [3.8, 4) is 0 Å². The Morgan fingerprint density at radius 1 is 1.27 bits per heavy atom. The van der Waals surface area contributed by atoms with E-state index < -0.39 is 18.2 Å². The van der Waals surface area contributed by atoms with Gasteiger partial charge in [-0.3, -0.25) is 14.5 Å². The fourth-order valence-corrected chi connectivity index (χ4v) is 2.92. The van der Waals surface area contributed by atoms with E-state index >= 15 is 0 Å². The van der Waals surface area contributed by atoms with Crippen molar-refractivity contribution in [3.63, 3.8) is 0 Å². The van der Waals surface area contributed by atoms with Crippen LogP contribution in [0.2, 0.25) is 0 Å². The standard InChI is InChI=1S/C18H17F3N4O/c1-11-15(10-23-24(11)3)12(2)25(18(19,20)21)17(26)14-6-7-16-13(9-14)5-4-8-22-16/h4-10,12H,1-3H3/t12-/m1/s1. The van der Waals surface area contributed by atoms with Crippen LogP contribution in [0, 0.1) is 6.92 Å². The zero-order valence-electron chi connectivity index (χ0n) is 14.4. The van der Waals surface area contributed by atoms with Crippen LogP contribution in [0.15, 0.2) is 42.7 Å². The number of amides is 1. The lowest BCUT2D eigenvalue weighted by atomic mass is 10.1. The van der Waals surface area contributed by atoms with Crippen LogP contribution >= 0.6 is 0 Å².